The molecule has 0 unspecified atom stereocenters. The van der Waals surface area contributed by atoms with Crippen LogP contribution in [0, 0.1) is 11.3 Å². The van der Waals surface area contributed by atoms with E-state index >= 15 is 0 Å². The number of rotatable bonds is 5. The Hall–Kier alpha value is -1.71. The van der Waals surface area contributed by atoms with E-state index < -0.39 is 11.4 Å². The fourth-order valence-corrected chi connectivity index (χ4v) is 3.16. The van der Waals surface area contributed by atoms with Crippen LogP contribution in [0.4, 0.5) is 0 Å². The first kappa shape index (κ1) is 15.7. The van der Waals surface area contributed by atoms with Crippen LogP contribution in [0.3, 0.4) is 0 Å². The highest BCUT2D eigenvalue weighted by molar-refractivity contribution is 5.75. The predicted molar refractivity (Wildman–Crippen MR) is 81.0 cm³/mol. The number of carboxylic acid groups (broad SMARTS) is 1. The summed E-state index contributed by atoms with van der Waals surface area (Å²) in [5.41, 5.74) is 0.358. The zero-order valence-electron chi connectivity index (χ0n) is 13.0. The topological polar surface area (TPSA) is 55.8 Å². The average Bonchev–Trinajstić information content (AvgIpc) is 2.49. The zero-order chi connectivity index (χ0) is 15.5. The molecule has 2 rings (SSSR count). The molecule has 0 bridgehead atoms. The third-order valence-electron chi connectivity index (χ3n) is 4.68. The molecule has 1 aromatic rings. The zero-order valence-corrected chi connectivity index (χ0v) is 13.0. The molecule has 21 heavy (non-hydrogen) atoms. The van der Waals surface area contributed by atoms with Crippen LogP contribution in [0.5, 0.6) is 11.5 Å². The lowest BCUT2D eigenvalue weighted by Gasteiger charge is -2.36. The number of carbonyl (C=O) groups is 1. The van der Waals surface area contributed by atoms with E-state index in [9.17, 15) is 9.90 Å². The van der Waals surface area contributed by atoms with Crippen molar-refractivity contribution in [2.75, 3.05) is 14.2 Å². The van der Waals surface area contributed by atoms with Gasteiger partial charge < -0.3 is 14.6 Å². The van der Waals surface area contributed by atoms with Crippen molar-refractivity contribution in [3.63, 3.8) is 0 Å². The van der Waals surface area contributed by atoms with Crippen LogP contribution in [-0.4, -0.2) is 25.3 Å². The summed E-state index contributed by atoms with van der Waals surface area (Å²) in [5, 5.41) is 9.71. The smallest absolute Gasteiger partial charge is 0.309 e. The highest BCUT2D eigenvalue weighted by atomic mass is 16.5. The van der Waals surface area contributed by atoms with E-state index in [2.05, 4.69) is 6.92 Å². The van der Waals surface area contributed by atoms with E-state index in [4.69, 9.17) is 9.47 Å². The lowest BCUT2D eigenvalue weighted by molar-refractivity contribution is -0.151. The normalized spacial score (nSPS) is 25.4. The van der Waals surface area contributed by atoms with Crippen LogP contribution in [-0.2, 0) is 11.2 Å². The van der Waals surface area contributed by atoms with Gasteiger partial charge in [-0.3, -0.25) is 4.79 Å². The summed E-state index contributed by atoms with van der Waals surface area (Å²) in [4.78, 5) is 11.8. The summed E-state index contributed by atoms with van der Waals surface area (Å²) in [6.07, 6.45) is 4.02. The molecule has 0 amide bonds. The Labute approximate surface area is 126 Å². The van der Waals surface area contributed by atoms with Crippen LogP contribution in [0.1, 0.15) is 38.2 Å². The van der Waals surface area contributed by atoms with Crippen molar-refractivity contribution in [3.8, 4) is 11.5 Å². The van der Waals surface area contributed by atoms with Gasteiger partial charge in [-0.25, -0.2) is 0 Å². The van der Waals surface area contributed by atoms with E-state index in [1.165, 1.54) is 0 Å². The van der Waals surface area contributed by atoms with E-state index in [0.29, 0.717) is 23.8 Å². The van der Waals surface area contributed by atoms with Crippen molar-refractivity contribution in [1.29, 1.82) is 0 Å². The molecule has 1 fully saturated rings. The number of carboxylic acids is 1. The quantitative estimate of drug-likeness (QED) is 0.902. The molecule has 0 aliphatic heterocycles. The van der Waals surface area contributed by atoms with E-state index in [0.717, 1.165) is 31.2 Å². The van der Waals surface area contributed by atoms with Crippen LogP contribution in [0.2, 0.25) is 0 Å². The van der Waals surface area contributed by atoms with Gasteiger partial charge in [0.25, 0.3) is 0 Å². The third kappa shape index (κ3) is 3.31. The minimum Gasteiger partial charge on any atom is -0.493 e. The van der Waals surface area contributed by atoms with Crippen molar-refractivity contribution in [3.05, 3.63) is 23.8 Å². The van der Waals surface area contributed by atoms with Gasteiger partial charge in [0.15, 0.2) is 11.5 Å². The number of ether oxygens (including phenoxy) is 2. The van der Waals surface area contributed by atoms with Crippen molar-refractivity contribution in [2.45, 2.75) is 39.0 Å². The number of methoxy groups -OCH3 is 2. The Balaban J connectivity index is 2.23. The van der Waals surface area contributed by atoms with Gasteiger partial charge >= 0.3 is 5.97 Å². The highest BCUT2D eigenvalue weighted by Crippen LogP contribution is 2.42. The monoisotopic (exact) mass is 292 g/mol. The maximum atomic E-state index is 11.8. The highest BCUT2D eigenvalue weighted by Gasteiger charge is 2.41. The summed E-state index contributed by atoms with van der Waals surface area (Å²) in [5.74, 6) is 1.27. The first-order valence-corrected chi connectivity index (χ1v) is 7.45. The van der Waals surface area contributed by atoms with Gasteiger partial charge in [0.2, 0.25) is 0 Å². The van der Waals surface area contributed by atoms with Gasteiger partial charge in [-0.15, -0.1) is 0 Å². The molecule has 4 heteroatoms. The molecule has 0 spiro atoms. The molecule has 1 aliphatic carbocycles. The fourth-order valence-electron chi connectivity index (χ4n) is 3.16. The summed E-state index contributed by atoms with van der Waals surface area (Å²) < 4.78 is 10.5. The number of aliphatic carboxylic acids is 1. The van der Waals surface area contributed by atoms with Crippen molar-refractivity contribution >= 4 is 5.97 Å². The lowest BCUT2D eigenvalue weighted by atomic mass is 9.68. The molecule has 116 valence electrons. The molecule has 1 saturated carbocycles. The predicted octanol–water partition coefficient (Wildman–Crippen LogP) is 3.53. The van der Waals surface area contributed by atoms with Crippen LogP contribution < -0.4 is 9.47 Å². The average molecular weight is 292 g/mol. The molecule has 0 atom stereocenters. The van der Waals surface area contributed by atoms with Crippen molar-refractivity contribution in [1.82, 2.24) is 0 Å². The maximum Gasteiger partial charge on any atom is 0.309 e. The SMILES string of the molecule is COc1ccc(CC2(C(=O)O)CCC(C)CC2)cc1OC. The summed E-state index contributed by atoms with van der Waals surface area (Å²) >= 11 is 0. The molecule has 0 heterocycles. The minimum absolute atomic E-state index is 0.551. The molecule has 1 aliphatic rings. The molecule has 0 radical (unpaired) electrons. The minimum atomic E-state index is -0.677. The summed E-state index contributed by atoms with van der Waals surface area (Å²) in [6.45, 7) is 2.20. The largest absolute Gasteiger partial charge is 0.493 e. The first-order chi connectivity index (χ1) is 10.0. The Morgan fingerprint density at radius 3 is 2.38 bits per heavy atom. The second-order valence-corrected chi connectivity index (χ2v) is 6.13. The van der Waals surface area contributed by atoms with E-state index in [-0.39, 0.29) is 0 Å². The van der Waals surface area contributed by atoms with Crippen molar-refractivity contribution < 1.29 is 19.4 Å². The van der Waals surface area contributed by atoms with Crippen LogP contribution >= 0.6 is 0 Å². The number of hydrogen-bond acceptors (Lipinski definition) is 3. The molecule has 1 N–H and O–H groups in total. The van der Waals surface area contributed by atoms with Gasteiger partial charge in [0, 0.05) is 0 Å². The Morgan fingerprint density at radius 1 is 1.24 bits per heavy atom. The van der Waals surface area contributed by atoms with Gasteiger partial charge in [0.1, 0.15) is 0 Å². The fraction of sp³-hybridized carbons (Fsp3) is 0.588. The second kappa shape index (κ2) is 6.37. The Bertz CT molecular complexity index is 502. The summed E-state index contributed by atoms with van der Waals surface area (Å²) in [7, 11) is 3.19. The number of hydrogen-bond donors (Lipinski definition) is 1. The van der Waals surface area contributed by atoms with Crippen LogP contribution in [0.25, 0.3) is 0 Å². The summed E-state index contributed by atoms with van der Waals surface area (Å²) in [6, 6.07) is 5.67. The first-order valence-electron chi connectivity index (χ1n) is 7.45. The standard InChI is InChI=1S/C17H24O4/c1-12-6-8-17(9-7-12,16(18)19)11-13-4-5-14(20-2)15(10-13)21-3/h4-5,10,12H,6-9,11H2,1-3H3,(H,18,19). The maximum absolute atomic E-state index is 11.8. The van der Waals surface area contributed by atoms with E-state index in [1.54, 1.807) is 14.2 Å². The van der Waals surface area contributed by atoms with E-state index in [1.807, 2.05) is 18.2 Å². The molecule has 1 aromatic carbocycles. The molecule has 4 nitrogen and oxygen atoms in total. The molecular weight excluding hydrogens is 268 g/mol. The number of benzene rings is 1. The van der Waals surface area contributed by atoms with Gasteiger partial charge in [-0.05, 0) is 55.7 Å². The third-order valence-corrected chi connectivity index (χ3v) is 4.68. The Kier molecular flexibility index (Phi) is 4.76. The molecular formula is C17H24O4. The van der Waals surface area contributed by atoms with Crippen molar-refractivity contribution in [2.24, 2.45) is 11.3 Å². The van der Waals surface area contributed by atoms with Crippen LogP contribution in [0.15, 0.2) is 18.2 Å². The molecule has 0 saturated heterocycles. The van der Waals surface area contributed by atoms with Gasteiger partial charge in [-0.2, -0.15) is 0 Å². The Morgan fingerprint density at radius 2 is 1.86 bits per heavy atom. The lowest BCUT2D eigenvalue weighted by Crippen LogP contribution is -2.37. The van der Waals surface area contributed by atoms with Gasteiger partial charge in [-0.1, -0.05) is 13.0 Å². The van der Waals surface area contributed by atoms with Gasteiger partial charge in [0.05, 0.1) is 19.6 Å². The second-order valence-electron chi connectivity index (χ2n) is 6.13. The molecule has 0 aromatic heterocycles.